The van der Waals surface area contributed by atoms with Gasteiger partial charge in [-0.2, -0.15) is 13.2 Å². The van der Waals surface area contributed by atoms with E-state index < -0.39 is 11.9 Å². The summed E-state index contributed by atoms with van der Waals surface area (Å²) in [4.78, 5) is 20.2. The van der Waals surface area contributed by atoms with Crippen LogP contribution in [0.4, 0.5) is 17.6 Å². The molecule has 0 N–H and O–H groups in total. The molecule has 28 heavy (non-hydrogen) atoms. The van der Waals surface area contributed by atoms with Crippen LogP contribution < -0.4 is 0 Å². The predicted molar refractivity (Wildman–Crippen MR) is 96.2 cm³/mol. The normalized spacial score (nSPS) is 16.1. The van der Waals surface area contributed by atoms with Crippen molar-refractivity contribution in [2.45, 2.75) is 26.1 Å². The number of benzene rings is 1. The Bertz CT molecular complexity index is 836. The second-order valence-electron chi connectivity index (χ2n) is 6.88. The number of carbonyl (C=O) groups is 1. The van der Waals surface area contributed by atoms with Gasteiger partial charge in [0.25, 0.3) is 5.91 Å². The maximum absolute atomic E-state index is 13.0. The summed E-state index contributed by atoms with van der Waals surface area (Å²) in [6.07, 6.45) is -3.78. The SMILES string of the molecule is Cc1nc(C(F)(F)F)ccc1C(=O)N1CCCN(Cc2ccc(F)cc2)CC1. The Morgan fingerprint density at radius 1 is 1.04 bits per heavy atom. The molecule has 4 nitrogen and oxygen atoms in total. The minimum Gasteiger partial charge on any atom is -0.337 e. The number of amides is 1. The van der Waals surface area contributed by atoms with Gasteiger partial charge in [0.1, 0.15) is 11.5 Å². The number of pyridine rings is 1. The van der Waals surface area contributed by atoms with E-state index in [1.807, 2.05) is 0 Å². The number of nitrogens with zero attached hydrogens (tertiary/aromatic N) is 3. The van der Waals surface area contributed by atoms with Gasteiger partial charge >= 0.3 is 6.18 Å². The van der Waals surface area contributed by atoms with Crippen LogP contribution in [0.5, 0.6) is 0 Å². The second-order valence-corrected chi connectivity index (χ2v) is 6.88. The lowest BCUT2D eigenvalue weighted by molar-refractivity contribution is -0.141. The lowest BCUT2D eigenvalue weighted by atomic mass is 10.1. The first kappa shape index (κ1) is 20.3. The van der Waals surface area contributed by atoms with Crippen LogP contribution in [0.1, 0.15) is 33.7 Å². The van der Waals surface area contributed by atoms with Gasteiger partial charge in [0, 0.05) is 32.7 Å². The smallest absolute Gasteiger partial charge is 0.337 e. The van der Waals surface area contributed by atoms with Crippen LogP contribution in [0.25, 0.3) is 0 Å². The highest BCUT2D eigenvalue weighted by Gasteiger charge is 2.33. The largest absolute Gasteiger partial charge is 0.433 e. The van der Waals surface area contributed by atoms with Gasteiger partial charge in [-0.05, 0) is 43.2 Å². The number of halogens is 4. The first-order valence-electron chi connectivity index (χ1n) is 9.05. The van der Waals surface area contributed by atoms with Crippen LogP contribution in [0.3, 0.4) is 0 Å². The van der Waals surface area contributed by atoms with Crippen LogP contribution in [0.15, 0.2) is 36.4 Å². The van der Waals surface area contributed by atoms with E-state index >= 15 is 0 Å². The fraction of sp³-hybridized carbons (Fsp3) is 0.400. The van der Waals surface area contributed by atoms with Crippen molar-refractivity contribution < 1.29 is 22.4 Å². The fourth-order valence-electron chi connectivity index (χ4n) is 3.30. The molecule has 1 aromatic carbocycles. The number of alkyl halides is 3. The third kappa shape index (κ3) is 4.86. The molecule has 1 aliphatic rings. The molecule has 1 fully saturated rings. The molecule has 150 valence electrons. The predicted octanol–water partition coefficient (Wildman–Crippen LogP) is 3.90. The van der Waals surface area contributed by atoms with Crippen LogP contribution in [-0.2, 0) is 12.7 Å². The van der Waals surface area contributed by atoms with Gasteiger partial charge in [0.05, 0.1) is 11.3 Å². The van der Waals surface area contributed by atoms with E-state index in [0.29, 0.717) is 26.2 Å². The molecule has 8 heteroatoms. The minimum absolute atomic E-state index is 0.0761. The van der Waals surface area contributed by atoms with Gasteiger partial charge in [-0.1, -0.05) is 12.1 Å². The summed E-state index contributed by atoms with van der Waals surface area (Å²) in [5.41, 5.74) is 0.263. The summed E-state index contributed by atoms with van der Waals surface area (Å²) in [5, 5.41) is 0. The molecule has 3 rings (SSSR count). The lowest BCUT2D eigenvalue weighted by Crippen LogP contribution is -2.35. The van der Waals surface area contributed by atoms with E-state index in [0.717, 1.165) is 24.6 Å². The van der Waals surface area contributed by atoms with E-state index in [9.17, 15) is 22.4 Å². The highest BCUT2D eigenvalue weighted by Crippen LogP contribution is 2.28. The topological polar surface area (TPSA) is 36.4 Å². The maximum Gasteiger partial charge on any atom is 0.433 e. The molecule has 1 amide bonds. The molecule has 0 saturated carbocycles. The van der Waals surface area contributed by atoms with Crippen molar-refractivity contribution in [3.05, 3.63) is 64.7 Å². The van der Waals surface area contributed by atoms with E-state index in [1.54, 1.807) is 17.0 Å². The summed E-state index contributed by atoms with van der Waals surface area (Å²) in [5.74, 6) is -0.584. The van der Waals surface area contributed by atoms with E-state index in [4.69, 9.17) is 0 Å². The van der Waals surface area contributed by atoms with Gasteiger partial charge in [-0.3, -0.25) is 9.69 Å². The Kier molecular flexibility index (Phi) is 5.98. The molecule has 0 aliphatic carbocycles. The van der Waals surface area contributed by atoms with Crippen molar-refractivity contribution in [2.75, 3.05) is 26.2 Å². The van der Waals surface area contributed by atoms with Crippen molar-refractivity contribution >= 4 is 5.91 Å². The standard InChI is InChI=1S/C20H21F4N3O/c1-14-17(7-8-18(25-14)20(22,23)24)19(28)27-10-2-9-26(11-12-27)13-15-3-5-16(21)6-4-15/h3-8H,2,9-13H2,1H3. The molecule has 1 aliphatic heterocycles. The van der Waals surface area contributed by atoms with E-state index in [2.05, 4.69) is 9.88 Å². The molecule has 1 saturated heterocycles. The monoisotopic (exact) mass is 395 g/mol. The van der Waals surface area contributed by atoms with Gasteiger partial charge in [-0.15, -0.1) is 0 Å². The fourth-order valence-corrected chi connectivity index (χ4v) is 3.30. The number of aromatic nitrogens is 1. The summed E-state index contributed by atoms with van der Waals surface area (Å²) in [6, 6.07) is 8.36. The second kappa shape index (κ2) is 8.26. The van der Waals surface area contributed by atoms with Crippen molar-refractivity contribution in [3.8, 4) is 0 Å². The zero-order valence-corrected chi connectivity index (χ0v) is 15.5. The molecular formula is C20H21F4N3O. The van der Waals surface area contributed by atoms with Gasteiger partial charge in [0.2, 0.25) is 0 Å². The molecule has 2 heterocycles. The summed E-state index contributed by atoms with van der Waals surface area (Å²) in [7, 11) is 0. The third-order valence-corrected chi connectivity index (χ3v) is 4.80. The first-order chi connectivity index (χ1) is 13.2. The van der Waals surface area contributed by atoms with Gasteiger partial charge in [-0.25, -0.2) is 9.37 Å². The molecule has 0 spiro atoms. The Labute approximate surface area is 160 Å². The third-order valence-electron chi connectivity index (χ3n) is 4.80. The lowest BCUT2D eigenvalue weighted by Gasteiger charge is -2.23. The van der Waals surface area contributed by atoms with Crippen LogP contribution >= 0.6 is 0 Å². The van der Waals surface area contributed by atoms with Crippen LogP contribution in [-0.4, -0.2) is 46.9 Å². The number of carbonyl (C=O) groups excluding carboxylic acids is 1. The van der Waals surface area contributed by atoms with Crippen LogP contribution in [0, 0.1) is 12.7 Å². The van der Waals surface area contributed by atoms with Crippen molar-refractivity contribution in [1.29, 1.82) is 0 Å². The highest BCUT2D eigenvalue weighted by molar-refractivity contribution is 5.95. The Morgan fingerprint density at radius 3 is 2.39 bits per heavy atom. The zero-order chi connectivity index (χ0) is 20.3. The minimum atomic E-state index is -4.53. The number of hydrogen-bond donors (Lipinski definition) is 0. The summed E-state index contributed by atoms with van der Waals surface area (Å²) in [6.45, 7) is 4.49. The number of rotatable bonds is 3. The molecule has 1 aromatic heterocycles. The van der Waals surface area contributed by atoms with Gasteiger partial charge in [0.15, 0.2) is 0 Å². The highest BCUT2D eigenvalue weighted by atomic mass is 19.4. The average Bonchev–Trinajstić information content (AvgIpc) is 2.88. The van der Waals surface area contributed by atoms with Gasteiger partial charge < -0.3 is 4.90 Å². The van der Waals surface area contributed by atoms with Crippen molar-refractivity contribution in [3.63, 3.8) is 0 Å². The molecule has 0 unspecified atom stereocenters. The molecule has 0 atom stereocenters. The molecule has 2 aromatic rings. The first-order valence-corrected chi connectivity index (χ1v) is 9.05. The Balaban J connectivity index is 1.65. The molecule has 0 radical (unpaired) electrons. The Morgan fingerprint density at radius 2 is 1.75 bits per heavy atom. The maximum atomic E-state index is 13.0. The van der Waals surface area contributed by atoms with E-state index in [1.165, 1.54) is 25.1 Å². The quantitative estimate of drug-likeness (QED) is 0.740. The summed E-state index contributed by atoms with van der Waals surface area (Å²) >= 11 is 0. The number of hydrogen-bond acceptors (Lipinski definition) is 3. The van der Waals surface area contributed by atoms with E-state index in [-0.39, 0.29) is 23.0 Å². The Hall–Kier alpha value is -2.48. The van der Waals surface area contributed by atoms with Crippen LogP contribution in [0.2, 0.25) is 0 Å². The average molecular weight is 395 g/mol. The molecular weight excluding hydrogens is 374 g/mol. The van der Waals surface area contributed by atoms with Crippen molar-refractivity contribution in [2.24, 2.45) is 0 Å². The summed E-state index contributed by atoms with van der Waals surface area (Å²) < 4.78 is 51.3. The van der Waals surface area contributed by atoms with Crippen molar-refractivity contribution in [1.82, 2.24) is 14.8 Å². The molecule has 0 bridgehead atoms. The zero-order valence-electron chi connectivity index (χ0n) is 15.5. The number of aryl methyl sites for hydroxylation is 1.